The summed E-state index contributed by atoms with van der Waals surface area (Å²) in [5.41, 5.74) is 0. The summed E-state index contributed by atoms with van der Waals surface area (Å²) in [6.45, 7) is 17.5. The van der Waals surface area contributed by atoms with E-state index in [9.17, 15) is 4.79 Å². The molecule has 0 radical (unpaired) electrons. The molecule has 0 spiro atoms. The van der Waals surface area contributed by atoms with E-state index in [0.717, 1.165) is 13.2 Å². The molecular weight excluding hydrogens is 232 g/mol. The van der Waals surface area contributed by atoms with Crippen molar-refractivity contribution in [3.05, 3.63) is 0 Å². The minimum Gasteiger partial charge on any atom is -0.466 e. The normalized spacial score (nSPS) is 9.22. The quantitative estimate of drug-likeness (QED) is 0.714. The smallest absolute Gasteiger partial charge is 0.302 e. The highest BCUT2D eigenvalue weighted by atomic mass is 16.5. The molecule has 18 heavy (non-hydrogen) atoms. The minimum absolute atomic E-state index is 0.211. The number of rotatable bonds is 5. The number of esters is 1. The first-order chi connectivity index (χ1) is 8.31. The molecule has 0 aromatic carbocycles. The Hall–Kier alpha value is -0.610. The van der Waals surface area contributed by atoms with Crippen LogP contribution < -0.4 is 0 Å². The topological polar surface area (TPSA) is 44.8 Å². The first kappa shape index (κ1) is 22.6. The predicted molar refractivity (Wildman–Crippen MR) is 75.8 cm³/mol. The molecule has 0 amide bonds. The highest BCUT2D eigenvalue weighted by molar-refractivity contribution is 5.65. The molecule has 0 N–H and O–H groups in total. The van der Waals surface area contributed by atoms with E-state index in [2.05, 4.69) is 4.74 Å². The number of hydrogen-bond acceptors (Lipinski definition) is 4. The van der Waals surface area contributed by atoms with Crippen molar-refractivity contribution in [3.63, 3.8) is 0 Å². The molecule has 4 nitrogen and oxygen atoms in total. The van der Waals surface area contributed by atoms with E-state index in [1.807, 2.05) is 41.5 Å². The van der Waals surface area contributed by atoms with E-state index in [-0.39, 0.29) is 5.97 Å². The number of carbonyl (C=O) groups is 1. The molecule has 0 aromatic rings. The molecule has 0 atom stereocenters. The van der Waals surface area contributed by atoms with Gasteiger partial charge in [-0.25, -0.2) is 0 Å². The van der Waals surface area contributed by atoms with Crippen LogP contribution in [0.15, 0.2) is 0 Å². The van der Waals surface area contributed by atoms with Crippen molar-refractivity contribution in [3.8, 4) is 0 Å². The van der Waals surface area contributed by atoms with Gasteiger partial charge < -0.3 is 14.2 Å². The summed E-state index contributed by atoms with van der Waals surface area (Å²) in [7, 11) is 0. The number of hydrogen-bond donors (Lipinski definition) is 0. The molecule has 0 fully saturated rings. The molecule has 4 heteroatoms. The summed E-state index contributed by atoms with van der Waals surface area (Å²) in [6, 6.07) is 0. The Morgan fingerprint density at radius 1 is 0.889 bits per heavy atom. The van der Waals surface area contributed by atoms with Crippen molar-refractivity contribution in [1.29, 1.82) is 0 Å². The summed E-state index contributed by atoms with van der Waals surface area (Å²) in [4.78, 5) is 9.82. The van der Waals surface area contributed by atoms with Gasteiger partial charge in [-0.1, -0.05) is 0 Å². The van der Waals surface area contributed by atoms with Gasteiger partial charge in [0.25, 0.3) is 0 Å². The van der Waals surface area contributed by atoms with Crippen molar-refractivity contribution in [2.75, 3.05) is 19.8 Å². The largest absolute Gasteiger partial charge is 0.466 e. The van der Waals surface area contributed by atoms with Crippen molar-refractivity contribution < 1.29 is 19.0 Å². The fraction of sp³-hybridized carbons (Fsp3) is 0.929. The number of carbonyl (C=O) groups excluding carboxylic acids is 1. The van der Waals surface area contributed by atoms with Gasteiger partial charge in [0.15, 0.2) is 0 Å². The molecule has 0 aliphatic rings. The number of ether oxygens (including phenoxy) is 3. The molecule has 0 saturated carbocycles. The Morgan fingerprint density at radius 2 is 1.28 bits per heavy atom. The monoisotopic (exact) mass is 264 g/mol. The molecule has 0 aromatic heterocycles. The lowest BCUT2D eigenvalue weighted by atomic mass is 10.4. The maximum atomic E-state index is 9.82. The molecular formula is C14H32O4. The van der Waals surface area contributed by atoms with Gasteiger partial charge in [-0.05, 0) is 48.5 Å². The standard InChI is InChI=1S/C6H14O.C4H8O2.C4H10O/c1-5(2)7-6(3)4;1-3-6-4(2)5;1-3-5-4-2/h5-6H,1-4H3;3H2,1-2H3;3-4H2,1-2H3. The van der Waals surface area contributed by atoms with Crippen LogP contribution in [0.5, 0.6) is 0 Å². The summed E-state index contributed by atoms with van der Waals surface area (Å²) in [5, 5.41) is 0. The Kier molecular flexibility index (Phi) is 23.5. The first-order valence-corrected chi connectivity index (χ1v) is 6.68. The molecule has 0 saturated heterocycles. The summed E-state index contributed by atoms with van der Waals surface area (Å²) in [5.74, 6) is -0.211. The maximum Gasteiger partial charge on any atom is 0.302 e. The lowest BCUT2D eigenvalue weighted by Gasteiger charge is -2.09. The van der Waals surface area contributed by atoms with E-state index in [1.54, 1.807) is 6.92 Å². The second-order valence-corrected chi connectivity index (χ2v) is 3.94. The Bertz CT molecular complexity index is 148. The van der Waals surface area contributed by atoms with E-state index in [4.69, 9.17) is 9.47 Å². The van der Waals surface area contributed by atoms with Gasteiger partial charge in [0.2, 0.25) is 0 Å². The van der Waals surface area contributed by atoms with Crippen LogP contribution in [0, 0.1) is 0 Å². The Labute approximate surface area is 113 Å². The van der Waals surface area contributed by atoms with Gasteiger partial charge in [-0.15, -0.1) is 0 Å². The van der Waals surface area contributed by atoms with Crippen molar-refractivity contribution in [2.24, 2.45) is 0 Å². The highest BCUT2D eigenvalue weighted by Crippen LogP contribution is 1.93. The van der Waals surface area contributed by atoms with Crippen LogP contribution in [-0.4, -0.2) is 38.0 Å². The second-order valence-electron chi connectivity index (χ2n) is 3.94. The molecule has 0 unspecified atom stereocenters. The summed E-state index contributed by atoms with van der Waals surface area (Å²) in [6.07, 6.45) is 0.750. The third kappa shape index (κ3) is 45.3. The maximum absolute atomic E-state index is 9.82. The molecule has 0 aliphatic carbocycles. The SMILES string of the molecule is CC(C)OC(C)C.CCOC(C)=O.CCOCC. The fourth-order valence-corrected chi connectivity index (χ4v) is 0.952. The van der Waals surface area contributed by atoms with Crippen LogP contribution in [-0.2, 0) is 19.0 Å². The predicted octanol–water partition coefficient (Wildman–Crippen LogP) is 3.43. The van der Waals surface area contributed by atoms with Gasteiger partial charge in [-0.3, -0.25) is 4.79 Å². The third-order valence-corrected chi connectivity index (χ3v) is 1.30. The van der Waals surface area contributed by atoms with Crippen molar-refractivity contribution in [1.82, 2.24) is 0 Å². The molecule has 0 rings (SSSR count). The van der Waals surface area contributed by atoms with E-state index in [1.165, 1.54) is 6.92 Å². The minimum atomic E-state index is -0.211. The van der Waals surface area contributed by atoms with E-state index < -0.39 is 0 Å². The Morgan fingerprint density at radius 3 is 1.28 bits per heavy atom. The van der Waals surface area contributed by atoms with Crippen LogP contribution in [0.2, 0.25) is 0 Å². The fourth-order valence-electron chi connectivity index (χ4n) is 0.952. The van der Waals surface area contributed by atoms with Crippen LogP contribution in [0.25, 0.3) is 0 Å². The van der Waals surface area contributed by atoms with Gasteiger partial charge in [0.1, 0.15) is 0 Å². The van der Waals surface area contributed by atoms with E-state index in [0.29, 0.717) is 18.8 Å². The second kappa shape index (κ2) is 18.7. The Balaban J connectivity index is -0.000000190. The van der Waals surface area contributed by atoms with Gasteiger partial charge in [0.05, 0.1) is 18.8 Å². The molecule has 0 aliphatic heterocycles. The van der Waals surface area contributed by atoms with Crippen molar-refractivity contribution in [2.45, 2.75) is 67.6 Å². The summed E-state index contributed by atoms with van der Waals surface area (Å²) >= 11 is 0. The van der Waals surface area contributed by atoms with Crippen LogP contribution in [0.3, 0.4) is 0 Å². The average Bonchev–Trinajstić information content (AvgIpc) is 2.17. The third-order valence-electron chi connectivity index (χ3n) is 1.30. The van der Waals surface area contributed by atoms with Crippen molar-refractivity contribution >= 4 is 5.97 Å². The van der Waals surface area contributed by atoms with E-state index >= 15 is 0 Å². The lowest BCUT2D eigenvalue weighted by Crippen LogP contribution is -2.09. The zero-order valence-electron chi connectivity index (χ0n) is 13.4. The van der Waals surface area contributed by atoms with Gasteiger partial charge >= 0.3 is 5.97 Å². The molecule has 0 heterocycles. The highest BCUT2D eigenvalue weighted by Gasteiger charge is 1.94. The average molecular weight is 264 g/mol. The zero-order valence-corrected chi connectivity index (χ0v) is 13.4. The zero-order chi connectivity index (χ0) is 15.0. The van der Waals surface area contributed by atoms with Crippen LogP contribution in [0.4, 0.5) is 0 Å². The molecule has 0 bridgehead atoms. The lowest BCUT2D eigenvalue weighted by molar-refractivity contribution is -0.140. The van der Waals surface area contributed by atoms with Crippen LogP contribution >= 0.6 is 0 Å². The summed E-state index contributed by atoms with van der Waals surface area (Å²) < 4.78 is 14.5. The van der Waals surface area contributed by atoms with Gasteiger partial charge in [0, 0.05) is 20.1 Å². The van der Waals surface area contributed by atoms with Crippen LogP contribution in [0.1, 0.15) is 55.4 Å². The van der Waals surface area contributed by atoms with Gasteiger partial charge in [-0.2, -0.15) is 0 Å². The molecule has 112 valence electrons. The first-order valence-electron chi connectivity index (χ1n) is 6.68.